The molecule has 0 radical (unpaired) electrons. The smallest absolute Gasteiger partial charge is 0.343 e. The third kappa shape index (κ3) is 4.00. The largest absolute Gasteiger partial charge is 0.497 e. The Balaban J connectivity index is 1.59. The molecule has 0 aliphatic rings. The highest BCUT2D eigenvalue weighted by atomic mass is 19.1. The summed E-state index contributed by atoms with van der Waals surface area (Å²) >= 11 is 0. The van der Waals surface area contributed by atoms with Gasteiger partial charge in [0.15, 0.2) is 0 Å². The molecule has 6 nitrogen and oxygen atoms in total. The standard InChI is InChI=1S/C23H15FO6/c1-27-16-6-3-7-17(11-16)29-21-13-28-20-12-18(8-9-19(20)22(21)25)30-23(26)14-4-2-5-15(24)10-14/h2-13H,1H3. The van der Waals surface area contributed by atoms with Gasteiger partial charge in [0.2, 0.25) is 11.2 Å². The van der Waals surface area contributed by atoms with Crippen LogP contribution in [0.1, 0.15) is 10.4 Å². The average molecular weight is 406 g/mol. The molecule has 0 N–H and O–H groups in total. The van der Waals surface area contributed by atoms with Crippen LogP contribution in [-0.4, -0.2) is 13.1 Å². The molecule has 0 aliphatic carbocycles. The van der Waals surface area contributed by atoms with Crippen molar-refractivity contribution >= 4 is 16.9 Å². The Morgan fingerprint density at radius 2 is 1.73 bits per heavy atom. The Morgan fingerprint density at radius 1 is 0.933 bits per heavy atom. The van der Waals surface area contributed by atoms with Crippen LogP contribution in [0.4, 0.5) is 4.39 Å². The highest BCUT2D eigenvalue weighted by Gasteiger charge is 2.13. The highest BCUT2D eigenvalue weighted by Crippen LogP contribution is 2.26. The van der Waals surface area contributed by atoms with Crippen molar-refractivity contribution in [3.63, 3.8) is 0 Å². The van der Waals surface area contributed by atoms with Crippen LogP contribution in [0.25, 0.3) is 11.0 Å². The van der Waals surface area contributed by atoms with Crippen LogP contribution in [0.5, 0.6) is 23.0 Å². The maximum atomic E-state index is 13.3. The van der Waals surface area contributed by atoms with Crippen LogP contribution >= 0.6 is 0 Å². The summed E-state index contributed by atoms with van der Waals surface area (Å²) in [5, 5.41) is 0.251. The minimum atomic E-state index is -0.728. The van der Waals surface area contributed by atoms with E-state index in [0.29, 0.717) is 11.5 Å². The first kappa shape index (κ1) is 19.2. The predicted molar refractivity (Wildman–Crippen MR) is 107 cm³/mol. The fourth-order valence-corrected chi connectivity index (χ4v) is 2.80. The zero-order valence-corrected chi connectivity index (χ0v) is 15.8. The van der Waals surface area contributed by atoms with Crippen molar-refractivity contribution in [3.8, 4) is 23.0 Å². The molecule has 1 heterocycles. The van der Waals surface area contributed by atoms with Gasteiger partial charge in [-0.1, -0.05) is 12.1 Å². The number of esters is 1. The number of carbonyl (C=O) groups excluding carboxylic acids is 1. The third-order valence-electron chi connectivity index (χ3n) is 4.25. The molecular formula is C23H15FO6. The molecule has 4 aromatic rings. The van der Waals surface area contributed by atoms with Crippen LogP contribution < -0.4 is 19.6 Å². The zero-order valence-electron chi connectivity index (χ0n) is 15.8. The first-order chi connectivity index (χ1) is 14.5. The van der Waals surface area contributed by atoms with E-state index >= 15 is 0 Å². The number of methoxy groups -OCH3 is 1. The molecule has 0 saturated heterocycles. The quantitative estimate of drug-likeness (QED) is 0.345. The van der Waals surface area contributed by atoms with Gasteiger partial charge in [-0.2, -0.15) is 0 Å². The number of fused-ring (bicyclic) bond motifs is 1. The van der Waals surface area contributed by atoms with Gasteiger partial charge >= 0.3 is 5.97 Å². The van der Waals surface area contributed by atoms with Crippen LogP contribution in [0.3, 0.4) is 0 Å². The second-order valence-electron chi connectivity index (χ2n) is 6.27. The normalized spacial score (nSPS) is 10.6. The number of rotatable bonds is 5. The number of carbonyl (C=O) groups is 1. The maximum absolute atomic E-state index is 13.3. The molecule has 4 rings (SSSR count). The highest BCUT2D eigenvalue weighted by molar-refractivity contribution is 5.91. The van der Waals surface area contributed by atoms with E-state index in [9.17, 15) is 14.0 Å². The lowest BCUT2D eigenvalue weighted by molar-refractivity contribution is 0.0734. The fourth-order valence-electron chi connectivity index (χ4n) is 2.80. The van der Waals surface area contributed by atoms with E-state index in [0.717, 1.165) is 6.07 Å². The van der Waals surface area contributed by atoms with Crippen molar-refractivity contribution in [1.29, 1.82) is 0 Å². The van der Waals surface area contributed by atoms with Crippen molar-refractivity contribution in [2.75, 3.05) is 7.11 Å². The molecule has 0 bridgehead atoms. The monoisotopic (exact) mass is 406 g/mol. The Hall–Kier alpha value is -4.13. The summed E-state index contributed by atoms with van der Waals surface area (Å²) in [6.45, 7) is 0. The van der Waals surface area contributed by atoms with E-state index in [4.69, 9.17) is 18.6 Å². The lowest BCUT2D eigenvalue weighted by Crippen LogP contribution is -2.09. The van der Waals surface area contributed by atoms with Gasteiger partial charge in [-0.25, -0.2) is 9.18 Å². The summed E-state index contributed by atoms with van der Waals surface area (Å²) < 4.78 is 34.8. The van der Waals surface area contributed by atoms with Gasteiger partial charge in [-0.05, 0) is 42.5 Å². The van der Waals surface area contributed by atoms with Gasteiger partial charge in [0.1, 0.15) is 34.9 Å². The molecule has 0 amide bonds. The van der Waals surface area contributed by atoms with Gasteiger partial charge in [0, 0.05) is 12.1 Å². The van der Waals surface area contributed by atoms with Crippen LogP contribution in [0.15, 0.2) is 82.2 Å². The molecule has 0 spiro atoms. The van der Waals surface area contributed by atoms with E-state index in [2.05, 4.69) is 0 Å². The summed E-state index contributed by atoms with van der Waals surface area (Å²) in [7, 11) is 1.53. The molecule has 30 heavy (non-hydrogen) atoms. The minimum absolute atomic E-state index is 0.000239. The summed E-state index contributed by atoms with van der Waals surface area (Å²) in [4.78, 5) is 24.9. The zero-order chi connectivity index (χ0) is 21.1. The Kier molecular flexibility index (Phi) is 5.17. The minimum Gasteiger partial charge on any atom is -0.497 e. The molecule has 0 atom stereocenters. The Bertz CT molecular complexity index is 1290. The van der Waals surface area contributed by atoms with E-state index < -0.39 is 11.8 Å². The Labute approximate surface area is 170 Å². The molecule has 0 fully saturated rings. The van der Waals surface area contributed by atoms with Crippen molar-refractivity contribution in [1.82, 2.24) is 0 Å². The topological polar surface area (TPSA) is 75.0 Å². The Morgan fingerprint density at radius 3 is 2.53 bits per heavy atom. The molecule has 150 valence electrons. The van der Waals surface area contributed by atoms with Crippen molar-refractivity contribution in [2.45, 2.75) is 0 Å². The third-order valence-corrected chi connectivity index (χ3v) is 4.25. The molecule has 3 aromatic carbocycles. The van der Waals surface area contributed by atoms with Gasteiger partial charge < -0.3 is 18.6 Å². The lowest BCUT2D eigenvalue weighted by Gasteiger charge is -2.08. The SMILES string of the molecule is COc1cccc(Oc2coc3cc(OC(=O)c4cccc(F)c4)ccc3c2=O)c1. The van der Waals surface area contributed by atoms with Crippen molar-refractivity contribution in [2.24, 2.45) is 0 Å². The summed E-state index contributed by atoms with van der Waals surface area (Å²) in [5.41, 5.74) is -0.108. The molecule has 0 unspecified atom stereocenters. The maximum Gasteiger partial charge on any atom is 0.343 e. The lowest BCUT2D eigenvalue weighted by atomic mass is 10.2. The summed E-state index contributed by atoms with van der Waals surface area (Å²) in [5.74, 6) is -0.114. The second-order valence-corrected chi connectivity index (χ2v) is 6.27. The average Bonchev–Trinajstić information content (AvgIpc) is 2.76. The van der Waals surface area contributed by atoms with Crippen molar-refractivity contribution in [3.05, 3.63) is 94.6 Å². The summed E-state index contributed by atoms with van der Waals surface area (Å²) in [6, 6.07) is 16.3. The van der Waals surface area contributed by atoms with Gasteiger partial charge in [-0.3, -0.25) is 4.79 Å². The molecule has 1 aromatic heterocycles. The van der Waals surface area contributed by atoms with Gasteiger partial charge in [0.25, 0.3) is 0 Å². The van der Waals surface area contributed by atoms with Crippen LogP contribution in [0, 0.1) is 5.82 Å². The van der Waals surface area contributed by atoms with Crippen molar-refractivity contribution < 1.29 is 27.8 Å². The number of halogens is 1. The van der Waals surface area contributed by atoms with Crippen LogP contribution in [0.2, 0.25) is 0 Å². The summed E-state index contributed by atoms with van der Waals surface area (Å²) in [6.07, 6.45) is 1.18. The van der Waals surface area contributed by atoms with Crippen LogP contribution in [-0.2, 0) is 0 Å². The van der Waals surface area contributed by atoms with E-state index in [1.54, 1.807) is 24.3 Å². The fraction of sp³-hybridized carbons (Fsp3) is 0.0435. The molecule has 0 saturated carbocycles. The van der Waals surface area contributed by atoms with Gasteiger partial charge in [-0.15, -0.1) is 0 Å². The van der Waals surface area contributed by atoms with E-state index in [1.807, 2.05) is 0 Å². The van der Waals surface area contributed by atoms with Gasteiger partial charge in [0.05, 0.1) is 18.1 Å². The predicted octanol–water partition coefficient (Wildman–Crippen LogP) is 4.95. The number of hydrogen-bond acceptors (Lipinski definition) is 6. The first-order valence-corrected chi connectivity index (χ1v) is 8.89. The van der Waals surface area contributed by atoms with E-state index in [-0.39, 0.29) is 33.5 Å². The number of hydrogen-bond donors (Lipinski definition) is 0. The number of benzene rings is 3. The molecule has 7 heteroatoms. The number of ether oxygens (including phenoxy) is 3. The molecule has 0 aliphatic heterocycles. The second kappa shape index (κ2) is 8.08. The van der Waals surface area contributed by atoms with E-state index in [1.165, 1.54) is 49.8 Å². The first-order valence-electron chi connectivity index (χ1n) is 8.89. The molecular weight excluding hydrogens is 391 g/mol.